The van der Waals surface area contributed by atoms with Gasteiger partial charge in [0.1, 0.15) is 12.7 Å². The highest BCUT2D eigenvalue weighted by atomic mass is 16.7. The molecule has 1 aliphatic rings. The lowest BCUT2D eigenvalue weighted by Crippen LogP contribution is -2.63. The van der Waals surface area contributed by atoms with Crippen LogP contribution in [-0.2, 0) is 47.6 Å². The van der Waals surface area contributed by atoms with Crippen LogP contribution in [0.25, 0.3) is 0 Å². The Balaban J connectivity index is 2.01. The lowest BCUT2D eigenvalue weighted by Gasteiger charge is -2.44. The molecule has 1 heterocycles. The van der Waals surface area contributed by atoms with Crippen LogP contribution in [0.15, 0.2) is 0 Å². The van der Waals surface area contributed by atoms with E-state index in [0.29, 0.717) is 6.61 Å². The fourth-order valence-corrected chi connectivity index (χ4v) is 7.74. The van der Waals surface area contributed by atoms with Gasteiger partial charge in [0, 0.05) is 34.3 Å². The second-order valence-electron chi connectivity index (χ2n) is 16.6. The molecule has 0 radical (unpaired) electrons. The predicted octanol–water partition coefficient (Wildman–Crippen LogP) is 11.0. The van der Waals surface area contributed by atoms with Crippen molar-refractivity contribution in [3.8, 4) is 0 Å². The molecule has 0 aromatic heterocycles. The zero-order valence-corrected chi connectivity index (χ0v) is 37.8. The van der Waals surface area contributed by atoms with Gasteiger partial charge in [-0.2, -0.15) is 0 Å². The van der Waals surface area contributed by atoms with E-state index in [9.17, 15) is 19.2 Å². The van der Waals surface area contributed by atoms with Crippen LogP contribution in [0.2, 0.25) is 0 Å². The normalized spacial score (nSPS) is 19.2. The Morgan fingerprint density at radius 2 is 0.776 bits per heavy atom. The Kier molecular flexibility index (Phi) is 35.0. The fraction of sp³-hybridized carbons (Fsp3) is 0.915. The summed E-state index contributed by atoms with van der Waals surface area (Å²) in [5.74, 6) is -2.53. The van der Waals surface area contributed by atoms with Gasteiger partial charge in [-0.15, -0.1) is 0 Å². The molecule has 0 aromatic carbocycles. The first-order valence-corrected chi connectivity index (χ1v) is 23.8. The van der Waals surface area contributed by atoms with E-state index >= 15 is 0 Å². The zero-order chi connectivity index (χ0) is 42.5. The topological polar surface area (TPSA) is 136 Å². The number of ether oxygens (including phenoxy) is 6. The summed E-state index contributed by atoms with van der Waals surface area (Å²) in [6, 6.07) is 0. The van der Waals surface area contributed by atoms with Crippen LogP contribution in [0.1, 0.15) is 221 Å². The van der Waals surface area contributed by atoms with Crippen molar-refractivity contribution in [1.29, 1.82) is 0 Å². The maximum atomic E-state index is 12.0. The van der Waals surface area contributed by atoms with Crippen molar-refractivity contribution >= 4 is 23.9 Å². The van der Waals surface area contributed by atoms with Gasteiger partial charge in [-0.3, -0.25) is 19.2 Å². The van der Waals surface area contributed by atoms with Crippen molar-refractivity contribution in [2.24, 2.45) is 0 Å². The Morgan fingerprint density at radius 1 is 0.431 bits per heavy atom. The van der Waals surface area contributed by atoms with E-state index in [1.165, 1.54) is 208 Å². The Hall–Kier alpha value is -2.24. The molecule has 0 unspecified atom stereocenters. The molecule has 11 nitrogen and oxygen atoms in total. The van der Waals surface area contributed by atoms with Crippen LogP contribution in [-0.4, -0.2) is 80.9 Å². The molecular formula is C47H87NO10. The number of carbonyl (C=O) groups is 4. The van der Waals surface area contributed by atoms with Gasteiger partial charge in [-0.1, -0.05) is 174 Å². The van der Waals surface area contributed by atoms with Gasteiger partial charge < -0.3 is 33.7 Å². The van der Waals surface area contributed by atoms with Crippen molar-refractivity contribution in [2.75, 3.05) is 26.3 Å². The minimum Gasteiger partial charge on any atom is -0.463 e. The molecule has 0 amide bonds. The number of rotatable bonds is 39. The Labute approximate surface area is 353 Å². The quantitative estimate of drug-likeness (QED) is 0.0360. The molecule has 58 heavy (non-hydrogen) atoms. The van der Waals surface area contributed by atoms with Crippen molar-refractivity contribution in [3.05, 3.63) is 0 Å². The molecule has 0 spiro atoms. The van der Waals surface area contributed by atoms with Crippen LogP contribution in [0.3, 0.4) is 0 Å². The van der Waals surface area contributed by atoms with Gasteiger partial charge in [0.05, 0.1) is 0 Å². The third-order valence-electron chi connectivity index (χ3n) is 10.9. The van der Waals surface area contributed by atoms with Crippen LogP contribution < -0.4 is 5.32 Å². The molecule has 1 rings (SSSR count). The summed E-state index contributed by atoms with van der Waals surface area (Å²) in [4.78, 5) is 47.4. The molecule has 1 saturated heterocycles. The summed E-state index contributed by atoms with van der Waals surface area (Å²) in [5, 5.41) is 3.66. The van der Waals surface area contributed by atoms with Crippen LogP contribution >= 0.6 is 0 Å². The maximum Gasteiger partial charge on any atom is 0.303 e. The summed E-state index contributed by atoms with van der Waals surface area (Å²) in [7, 11) is 0. The first-order valence-electron chi connectivity index (χ1n) is 23.8. The largest absolute Gasteiger partial charge is 0.463 e. The molecule has 1 aliphatic heterocycles. The average Bonchev–Trinajstić information content (AvgIpc) is 3.17. The summed E-state index contributed by atoms with van der Waals surface area (Å²) in [6.07, 6.45) is 32.8. The van der Waals surface area contributed by atoms with E-state index < -0.39 is 54.6 Å². The SMILES string of the molecule is CCCCCCCCCCCCCCCCCCNCCCCCCCCCCCCCCCO[C@@H]1O[C@H](COC(C)=O)[C@@H](OC(C)=O)[C@H](OC(C)=O)[C@@H]1OC(C)=O. The Bertz CT molecular complexity index is 1030. The second kappa shape index (κ2) is 37.7. The molecular weight excluding hydrogens is 739 g/mol. The number of esters is 4. The highest BCUT2D eigenvalue weighted by Crippen LogP contribution is 2.30. The van der Waals surface area contributed by atoms with Gasteiger partial charge >= 0.3 is 23.9 Å². The van der Waals surface area contributed by atoms with E-state index in [4.69, 9.17) is 28.4 Å². The van der Waals surface area contributed by atoms with E-state index in [-0.39, 0.29) is 6.61 Å². The molecule has 1 fully saturated rings. The third-order valence-corrected chi connectivity index (χ3v) is 10.9. The number of carbonyl (C=O) groups excluding carboxylic acids is 4. The van der Waals surface area contributed by atoms with E-state index in [2.05, 4.69) is 12.2 Å². The standard InChI is InChI=1S/C47H87NO10/c1-6-7-8-9-10-11-12-13-14-15-17-20-23-26-29-32-35-48-36-33-30-27-24-21-18-16-19-22-25-28-31-34-37-53-47-46(57-42(5)52)45(56-41(4)51)44(55-40(3)50)43(58-47)38-54-39(2)49/h43-48H,6-38H2,1-5H3/t43-,44-,45+,46+,47-/m1/s1. The minimum absolute atomic E-state index is 0.269. The smallest absolute Gasteiger partial charge is 0.303 e. The van der Waals surface area contributed by atoms with Gasteiger partial charge in [0.25, 0.3) is 0 Å². The molecule has 11 heteroatoms. The number of hydrogen-bond donors (Lipinski definition) is 1. The Morgan fingerprint density at radius 3 is 1.16 bits per heavy atom. The lowest BCUT2D eigenvalue weighted by atomic mass is 9.98. The molecule has 1 N–H and O–H groups in total. The molecule has 0 aromatic rings. The third kappa shape index (κ3) is 30.8. The van der Waals surface area contributed by atoms with Crippen LogP contribution in [0.5, 0.6) is 0 Å². The van der Waals surface area contributed by atoms with Crippen molar-refractivity contribution in [3.63, 3.8) is 0 Å². The highest BCUT2D eigenvalue weighted by molar-refractivity contribution is 5.68. The number of unbranched alkanes of at least 4 members (excludes halogenated alkanes) is 27. The zero-order valence-electron chi connectivity index (χ0n) is 37.8. The summed E-state index contributed by atoms with van der Waals surface area (Å²) in [5.41, 5.74) is 0. The van der Waals surface area contributed by atoms with E-state index in [1.54, 1.807) is 0 Å². The first kappa shape index (κ1) is 53.8. The summed E-state index contributed by atoms with van der Waals surface area (Å²) < 4.78 is 33.4. The van der Waals surface area contributed by atoms with Crippen molar-refractivity contribution < 1.29 is 47.6 Å². The van der Waals surface area contributed by atoms with Crippen LogP contribution in [0.4, 0.5) is 0 Å². The first-order chi connectivity index (χ1) is 28.1. The van der Waals surface area contributed by atoms with Crippen molar-refractivity contribution in [2.45, 2.75) is 252 Å². The van der Waals surface area contributed by atoms with Gasteiger partial charge in [-0.25, -0.2) is 0 Å². The van der Waals surface area contributed by atoms with Crippen molar-refractivity contribution in [1.82, 2.24) is 5.32 Å². The second-order valence-corrected chi connectivity index (χ2v) is 16.6. The summed E-state index contributed by atoms with van der Waals surface area (Å²) >= 11 is 0. The van der Waals surface area contributed by atoms with Gasteiger partial charge in [0.2, 0.25) is 0 Å². The molecule has 0 aliphatic carbocycles. The van der Waals surface area contributed by atoms with Gasteiger partial charge in [0.15, 0.2) is 24.6 Å². The number of nitrogens with one attached hydrogen (secondary N) is 1. The maximum absolute atomic E-state index is 12.0. The van der Waals surface area contributed by atoms with Gasteiger partial charge in [-0.05, 0) is 32.4 Å². The average molecular weight is 826 g/mol. The highest BCUT2D eigenvalue weighted by Gasteiger charge is 2.52. The van der Waals surface area contributed by atoms with E-state index in [1.807, 2.05) is 0 Å². The monoisotopic (exact) mass is 826 g/mol. The van der Waals surface area contributed by atoms with E-state index in [0.717, 1.165) is 19.3 Å². The minimum atomic E-state index is -1.21. The molecule has 340 valence electrons. The summed E-state index contributed by atoms with van der Waals surface area (Å²) in [6.45, 7) is 9.55. The number of hydrogen-bond acceptors (Lipinski definition) is 11. The van der Waals surface area contributed by atoms with Crippen LogP contribution in [0, 0.1) is 0 Å². The fourth-order valence-electron chi connectivity index (χ4n) is 7.74. The molecule has 5 atom stereocenters. The molecule has 0 saturated carbocycles. The molecule has 0 bridgehead atoms. The predicted molar refractivity (Wildman–Crippen MR) is 230 cm³/mol. The lowest BCUT2D eigenvalue weighted by molar-refractivity contribution is -0.308.